The van der Waals surface area contributed by atoms with Crippen LogP contribution in [-0.2, 0) is 0 Å². The normalized spacial score (nSPS) is 44.5. The van der Waals surface area contributed by atoms with Gasteiger partial charge in [0.25, 0.3) is 0 Å². The summed E-state index contributed by atoms with van der Waals surface area (Å²) >= 11 is 2.67. The fourth-order valence-corrected chi connectivity index (χ4v) is 0.977. The first-order valence-corrected chi connectivity index (χ1v) is 4.09. The van der Waals surface area contributed by atoms with E-state index in [0.717, 1.165) is 0 Å². The monoisotopic (exact) mass is 254 g/mol. The highest BCUT2D eigenvalue weighted by molar-refractivity contribution is 9.10. The minimum absolute atomic E-state index is 0.0851. The molecule has 3 heteroatoms. The molecule has 1 aromatic rings. The molecule has 1 aromatic carbocycles. The average Bonchev–Trinajstić information content (AvgIpc) is 2.52. The molecule has 1 nitrogen and oxygen atoms in total. The van der Waals surface area contributed by atoms with Crippen LogP contribution in [-0.4, -0.2) is 13.0 Å². The first-order chi connectivity index (χ1) is 10.5. The van der Waals surface area contributed by atoms with Gasteiger partial charge in [0.05, 0.1) is 8.58 Å². The summed E-state index contributed by atoms with van der Waals surface area (Å²) in [5.41, 5.74) is -1.03. The lowest BCUT2D eigenvalue weighted by atomic mass is 10.3. The van der Waals surface area contributed by atoms with Gasteiger partial charge < -0.3 is 4.90 Å². The van der Waals surface area contributed by atoms with Crippen LogP contribution in [0.2, 0.25) is 0 Å². The average molecular weight is 255 g/mol. The van der Waals surface area contributed by atoms with E-state index in [1.165, 1.54) is 0 Å². The summed E-state index contributed by atoms with van der Waals surface area (Å²) in [4.78, 5) is -0.0851. The number of halogens is 2. The number of hydrogen-bond acceptors (Lipinski definition) is 1. The first-order valence-electron chi connectivity index (χ1n) is 8.80. The fourth-order valence-electron chi connectivity index (χ4n) is 0.778. The van der Waals surface area contributed by atoms with Gasteiger partial charge in [0.1, 0.15) is 5.82 Å². The van der Waals surface area contributed by atoms with E-state index in [1.54, 1.807) is 0 Å². The van der Waals surface area contributed by atoms with Crippen LogP contribution in [0, 0.1) is 5.82 Å². The predicted octanol–water partition coefficient (Wildman–Crippen LogP) is 3.19. The van der Waals surface area contributed by atoms with Gasteiger partial charge in [0, 0.05) is 29.6 Å². The number of benzene rings is 1. The molecule has 2 rings (SSSR count). The zero-order valence-electron chi connectivity index (χ0n) is 17.2. The van der Waals surface area contributed by atoms with Gasteiger partial charge in [-0.25, -0.2) is 4.39 Å². The van der Waals surface area contributed by atoms with Gasteiger partial charge in [-0.15, -0.1) is 0 Å². The molecule has 1 aliphatic heterocycles. The third-order valence-corrected chi connectivity index (χ3v) is 1.88. The molecule has 0 bridgehead atoms. The second kappa shape index (κ2) is 3.66. The Morgan fingerprint density at radius 1 is 1.46 bits per heavy atom. The van der Waals surface area contributed by atoms with Crippen LogP contribution >= 0.6 is 15.9 Å². The van der Waals surface area contributed by atoms with Gasteiger partial charge in [0.2, 0.25) is 0 Å². The molecule has 0 amide bonds. The van der Waals surface area contributed by atoms with Crippen molar-refractivity contribution < 1.29 is 19.5 Å². The standard InChI is InChI=1S/C10H11BrFN/c11-9-4-3-8(7-10(9)12)13-5-1-2-6-13/h3-4,7H,1-2,5-6H2/i1D2,2D2,3D,4D,5D2,6D2,7D. The summed E-state index contributed by atoms with van der Waals surface area (Å²) in [6, 6.07) is -2.85. The second-order valence-corrected chi connectivity index (χ2v) is 2.95. The van der Waals surface area contributed by atoms with E-state index >= 15 is 0 Å². The largest absolute Gasteiger partial charge is 0.371 e. The Labute approximate surface area is 101 Å². The van der Waals surface area contributed by atoms with E-state index < -0.39 is 59.8 Å². The molecule has 0 unspecified atom stereocenters. The highest BCUT2D eigenvalue weighted by atomic mass is 79.9. The molecule has 0 N–H and O–H groups in total. The zero-order valence-corrected chi connectivity index (χ0v) is 7.79. The first kappa shape index (κ1) is 2.72. The highest BCUT2D eigenvalue weighted by Gasteiger charge is 2.13. The smallest absolute Gasteiger partial charge is 0.139 e. The summed E-state index contributed by atoms with van der Waals surface area (Å²) in [6.07, 6.45) is -6.76. The molecule has 70 valence electrons. The summed E-state index contributed by atoms with van der Waals surface area (Å²) in [5, 5.41) is 0. The molecule has 0 aromatic heterocycles. The van der Waals surface area contributed by atoms with Crippen molar-refractivity contribution in [1.82, 2.24) is 0 Å². The third kappa shape index (κ3) is 1.85. The van der Waals surface area contributed by atoms with Gasteiger partial charge in [0.15, 0.2) is 0 Å². The molecular weight excluding hydrogens is 233 g/mol. The highest BCUT2D eigenvalue weighted by Crippen LogP contribution is 2.24. The predicted molar refractivity (Wildman–Crippen MR) is 55.5 cm³/mol. The van der Waals surface area contributed by atoms with Crippen molar-refractivity contribution >= 4 is 21.6 Å². The van der Waals surface area contributed by atoms with Crippen molar-refractivity contribution in [3.8, 4) is 0 Å². The van der Waals surface area contributed by atoms with Crippen LogP contribution in [0.1, 0.15) is 27.8 Å². The second-order valence-electron chi connectivity index (χ2n) is 2.16. The molecule has 1 fully saturated rings. The van der Waals surface area contributed by atoms with Crippen molar-refractivity contribution in [2.45, 2.75) is 12.7 Å². The fraction of sp³-hybridized carbons (Fsp3) is 0.400. The van der Waals surface area contributed by atoms with Crippen LogP contribution in [0.15, 0.2) is 22.6 Å². The molecule has 0 spiro atoms. The Hall–Kier alpha value is -0.570. The molecule has 1 aliphatic rings. The van der Waals surface area contributed by atoms with Gasteiger partial charge in [-0.3, -0.25) is 0 Å². The lowest BCUT2D eigenvalue weighted by Crippen LogP contribution is -2.17. The third-order valence-electron chi connectivity index (χ3n) is 1.33. The SMILES string of the molecule is [2H]c1c([2H])c(N2C([2H])([2H])C([2H])([2H])C([2H])([2H])C2([2H])[2H])c([2H])c(F)c1Br. The van der Waals surface area contributed by atoms with E-state index in [1.807, 2.05) is 0 Å². The molecule has 1 saturated heterocycles. The number of anilines is 1. The Bertz CT molecular complexity index is 664. The summed E-state index contributed by atoms with van der Waals surface area (Å²) in [6.45, 7) is -6.70. The molecule has 13 heavy (non-hydrogen) atoms. The lowest BCUT2D eigenvalue weighted by Gasteiger charge is -2.17. The van der Waals surface area contributed by atoms with Crippen LogP contribution in [0.5, 0.6) is 0 Å². The van der Waals surface area contributed by atoms with Crippen molar-refractivity contribution in [2.75, 3.05) is 17.9 Å². The quantitative estimate of drug-likeness (QED) is 0.745. The Morgan fingerprint density at radius 3 is 2.85 bits per heavy atom. The van der Waals surface area contributed by atoms with Gasteiger partial charge in [-0.05, 0) is 46.8 Å². The summed E-state index contributed by atoms with van der Waals surface area (Å²) in [7, 11) is 0. The Morgan fingerprint density at radius 2 is 2.15 bits per heavy atom. The van der Waals surface area contributed by atoms with E-state index in [0.29, 0.717) is 0 Å². The molecular formula is C10H11BrFN. The minimum Gasteiger partial charge on any atom is -0.371 e. The maximum atomic E-state index is 14.1. The van der Waals surface area contributed by atoms with Crippen LogP contribution < -0.4 is 4.90 Å². The van der Waals surface area contributed by atoms with E-state index in [-0.39, 0.29) is 4.90 Å². The van der Waals surface area contributed by atoms with Crippen molar-refractivity contribution in [3.05, 3.63) is 28.4 Å². The van der Waals surface area contributed by atoms with Gasteiger partial charge in [-0.1, -0.05) is 0 Å². The number of rotatable bonds is 1. The van der Waals surface area contributed by atoms with E-state index in [4.69, 9.17) is 15.1 Å². The van der Waals surface area contributed by atoms with Crippen LogP contribution in [0.25, 0.3) is 0 Å². The van der Waals surface area contributed by atoms with Crippen LogP contribution in [0.4, 0.5) is 10.1 Å². The van der Waals surface area contributed by atoms with E-state index in [2.05, 4.69) is 15.9 Å². The number of hydrogen-bond donors (Lipinski definition) is 0. The Balaban J connectivity index is 2.92. The maximum absolute atomic E-state index is 14.1. The van der Waals surface area contributed by atoms with Gasteiger partial charge >= 0.3 is 0 Å². The molecule has 0 aliphatic carbocycles. The number of nitrogens with zero attached hydrogens (tertiary/aromatic N) is 1. The Kier molecular flexibility index (Phi) is 0.766. The van der Waals surface area contributed by atoms with Crippen molar-refractivity contribution in [2.24, 2.45) is 0 Å². The van der Waals surface area contributed by atoms with Crippen LogP contribution in [0.3, 0.4) is 0 Å². The summed E-state index contributed by atoms with van der Waals surface area (Å²) in [5.74, 6) is -1.36. The molecule has 0 atom stereocenters. The maximum Gasteiger partial charge on any atom is 0.139 e. The minimum atomic E-state index is -3.38. The van der Waals surface area contributed by atoms with Crippen molar-refractivity contribution in [3.63, 3.8) is 0 Å². The summed E-state index contributed by atoms with van der Waals surface area (Å²) < 4.78 is 98.9. The van der Waals surface area contributed by atoms with Crippen molar-refractivity contribution in [1.29, 1.82) is 0 Å². The lowest BCUT2D eigenvalue weighted by molar-refractivity contribution is 0.620. The molecule has 1 heterocycles. The van der Waals surface area contributed by atoms with E-state index in [9.17, 15) is 4.39 Å². The topological polar surface area (TPSA) is 3.24 Å². The molecule has 0 saturated carbocycles. The molecule has 0 radical (unpaired) electrons. The zero-order chi connectivity index (χ0) is 19.0. The van der Waals surface area contributed by atoms with Gasteiger partial charge in [-0.2, -0.15) is 0 Å².